The molecule has 0 radical (unpaired) electrons. The van der Waals surface area contributed by atoms with Gasteiger partial charge >= 0.3 is 0 Å². The van der Waals surface area contributed by atoms with E-state index in [1.54, 1.807) is 0 Å². The fourth-order valence-corrected chi connectivity index (χ4v) is 16.2. The largest absolute Gasteiger partial charge is 0.309 e. The Balaban J connectivity index is 0.000000138. The highest BCUT2D eigenvalue weighted by Gasteiger charge is 2.19. The first kappa shape index (κ1) is 60.8. The average molecular weight is 1340 g/mol. The summed E-state index contributed by atoms with van der Waals surface area (Å²) in [5, 5.41) is 14.4. The molecule has 0 aliphatic carbocycles. The fourth-order valence-electron chi connectivity index (χ4n) is 16.2. The summed E-state index contributed by atoms with van der Waals surface area (Å²) in [7, 11) is 0. The van der Waals surface area contributed by atoms with Gasteiger partial charge in [0, 0.05) is 122 Å². The van der Waals surface area contributed by atoms with E-state index in [-0.39, 0.29) is 7.43 Å². The molecule has 0 aliphatic heterocycles. The first-order valence-electron chi connectivity index (χ1n) is 35.3. The van der Waals surface area contributed by atoms with Gasteiger partial charge in [0.15, 0.2) is 0 Å². The van der Waals surface area contributed by atoms with Crippen LogP contribution in [0.5, 0.6) is 0 Å². The number of fused-ring (bicyclic) bond motifs is 18. The minimum Gasteiger partial charge on any atom is -0.309 e. The Morgan fingerprint density at radius 2 is 0.400 bits per heavy atom. The number of para-hydroxylation sites is 8. The van der Waals surface area contributed by atoms with Gasteiger partial charge in [-0.3, -0.25) is 9.97 Å². The summed E-state index contributed by atoms with van der Waals surface area (Å²) in [6, 6.07) is 126. The van der Waals surface area contributed by atoms with E-state index in [0.717, 1.165) is 111 Å². The number of hydrogen-bond acceptors (Lipinski definition) is 4. The van der Waals surface area contributed by atoms with Crippen LogP contribution >= 0.6 is 0 Å². The van der Waals surface area contributed by atoms with Gasteiger partial charge in [0.25, 0.3) is 0 Å². The molecule has 0 saturated carbocycles. The van der Waals surface area contributed by atoms with Crippen molar-refractivity contribution in [3.63, 3.8) is 0 Å². The van der Waals surface area contributed by atoms with Crippen LogP contribution in [0.1, 0.15) is 7.43 Å². The summed E-state index contributed by atoms with van der Waals surface area (Å²) in [5.74, 6) is 0. The van der Waals surface area contributed by atoms with E-state index in [9.17, 15) is 0 Å². The van der Waals surface area contributed by atoms with E-state index >= 15 is 0 Å². The topological polar surface area (TPSA) is 71.3 Å². The molecule has 0 bridgehead atoms. The zero-order valence-electron chi connectivity index (χ0n) is 56.2. The van der Waals surface area contributed by atoms with Gasteiger partial charge < -0.3 is 18.3 Å². The molecule has 0 amide bonds. The number of pyridine rings is 4. The van der Waals surface area contributed by atoms with E-state index in [1.807, 2.05) is 12.4 Å². The van der Waals surface area contributed by atoms with Crippen LogP contribution in [0, 0.1) is 0 Å². The second-order valence-electron chi connectivity index (χ2n) is 26.9. The van der Waals surface area contributed by atoms with Gasteiger partial charge in [0.2, 0.25) is 0 Å². The van der Waals surface area contributed by atoms with E-state index in [2.05, 4.69) is 370 Å². The molecule has 492 valence electrons. The lowest BCUT2D eigenvalue weighted by atomic mass is 10.0. The predicted molar refractivity (Wildman–Crippen MR) is 440 cm³/mol. The van der Waals surface area contributed by atoms with Crippen molar-refractivity contribution in [1.29, 1.82) is 0 Å². The first-order valence-corrected chi connectivity index (χ1v) is 35.3. The molecule has 8 aromatic heterocycles. The Bertz CT molecular complexity index is 6550. The lowest BCUT2D eigenvalue weighted by molar-refractivity contribution is 1.18. The number of hydrogen-bond donors (Lipinski definition) is 0. The van der Waals surface area contributed by atoms with Gasteiger partial charge in [-0.25, -0.2) is 9.97 Å². The highest BCUT2D eigenvalue weighted by molar-refractivity contribution is 6.13. The molecule has 8 heterocycles. The zero-order chi connectivity index (χ0) is 68.3. The van der Waals surface area contributed by atoms with Crippen LogP contribution in [0.2, 0.25) is 0 Å². The Hall–Kier alpha value is -14.1. The van der Waals surface area contributed by atoms with Gasteiger partial charge in [-0.2, -0.15) is 0 Å². The minimum absolute atomic E-state index is 0. The van der Waals surface area contributed by atoms with E-state index in [0.29, 0.717) is 0 Å². The predicted octanol–water partition coefficient (Wildman–Crippen LogP) is 25.3. The van der Waals surface area contributed by atoms with Crippen LogP contribution < -0.4 is 0 Å². The van der Waals surface area contributed by atoms with Crippen molar-refractivity contribution in [3.8, 4) is 67.5 Å². The Labute approximate surface area is 604 Å². The number of aromatic nitrogens is 8. The maximum atomic E-state index is 5.23. The van der Waals surface area contributed by atoms with E-state index in [4.69, 9.17) is 19.9 Å². The van der Waals surface area contributed by atoms with Crippen LogP contribution in [-0.2, 0) is 0 Å². The zero-order valence-corrected chi connectivity index (χ0v) is 56.2. The second-order valence-corrected chi connectivity index (χ2v) is 26.9. The molecular weight excluding hydrogens is 1280 g/mol. The number of rotatable bonds is 8. The van der Waals surface area contributed by atoms with Gasteiger partial charge in [0.1, 0.15) is 0 Å². The number of benzene rings is 14. The van der Waals surface area contributed by atoms with Crippen molar-refractivity contribution >= 4 is 131 Å². The van der Waals surface area contributed by atoms with Crippen LogP contribution in [0.3, 0.4) is 0 Å². The molecule has 0 N–H and O–H groups in total. The molecule has 0 spiro atoms. The molecule has 0 aliphatic rings. The van der Waals surface area contributed by atoms with Crippen molar-refractivity contribution in [2.75, 3.05) is 0 Å². The van der Waals surface area contributed by atoms with Gasteiger partial charge in [-0.1, -0.05) is 238 Å². The average Bonchev–Trinajstić information content (AvgIpc) is 1.65. The Kier molecular flexibility index (Phi) is 14.3. The first-order chi connectivity index (χ1) is 51.6. The molecule has 0 atom stereocenters. The smallest absolute Gasteiger partial charge is 0.0972 e. The minimum atomic E-state index is 0. The van der Waals surface area contributed by atoms with Crippen molar-refractivity contribution in [1.82, 2.24) is 38.2 Å². The van der Waals surface area contributed by atoms with Gasteiger partial charge in [-0.05, 0) is 132 Å². The van der Waals surface area contributed by atoms with Crippen LogP contribution in [0.15, 0.2) is 364 Å². The standard InChI is InChI=1S/2C48H30N4.CH4/c1-5-13-43-37(9-1)38-10-2-6-14-44(38)51(43)35-25-19-31(20-26-35)41-29-23-33-17-18-34-24-30-42(50-48(34)47(33)49-41)32-21-27-36(28-22-32)52-45-15-7-3-11-39(45)40-12-4-8-16-46(40)52;1-5-13-43-39(9-1)40-10-2-6-14-44(40)51(43)37-23-19-31(20-24-37)35-27-33-17-18-34-28-36(30-50-48(34)47(33)49-29-35)32-21-25-38(26-22-32)52-45-15-7-3-11-41(45)42-12-4-8-16-46(42)52;/h2*1-30H;1H4. The monoisotopic (exact) mass is 1340 g/mol. The number of nitrogens with zero attached hydrogens (tertiary/aromatic N) is 8. The molecule has 8 heteroatoms. The van der Waals surface area contributed by atoms with Crippen molar-refractivity contribution < 1.29 is 0 Å². The molecule has 22 rings (SSSR count). The van der Waals surface area contributed by atoms with Crippen LogP contribution in [0.25, 0.3) is 198 Å². The highest BCUT2D eigenvalue weighted by Crippen LogP contribution is 2.40. The molecule has 0 unspecified atom stereocenters. The third kappa shape index (κ3) is 9.98. The summed E-state index contributed by atoms with van der Waals surface area (Å²) in [5.41, 5.74) is 26.3. The Morgan fingerprint density at radius 1 is 0.181 bits per heavy atom. The molecular formula is C97H64N8. The van der Waals surface area contributed by atoms with E-state index in [1.165, 1.54) is 87.2 Å². The maximum absolute atomic E-state index is 5.23. The van der Waals surface area contributed by atoms with Crippen LogP contribution in [0.4, 0.5) is 0 Å². The molecule has 8 nitrogen and oxygen atoms in total. The quantitative estimate of drug-likeness (QED) is 0.142. The molecule has 14 aromatic carbocycles. The third-order valence-electron chi connectivity index (χ3n) is 21.1. The van der Waals surface area contributed by atoms with Gasteiger partial charge in [-0.15, -0.1) is 0 Å². The highest BCUT2D eigenvalue weighted by atomic mass is 15.0. The van der Waals surface area contributed by atoms with Crippen molar-refractivity contribution in [3.05, 3.63) is 364 Å². The normalized spacial score (nSPS) is 11.7. The maximum Gasteiger partial charge on any atom is 0.0972 e. The summed E-state index contributed by atoms with van der Waals surface area (Å²) >= 11 is 0. The lowest BCUT2D eigenvalue weighted by Crippen LogP contribution is -1.95. The van der Waals surface area contributed by atoms with Gasteiger partial charge in [0.05, 0.1) is 77.6 Å². The van der Waals surface area contributed by atoms with Crippen molar-refractivity contribution in [2.24, 2.45) is 0 Å². The molecule has 22 aromatic rings. The second kappa shape index (κ2) is 24.6. The van der Waals surface area contributed by atoms with E-state index < -0.39 is 0 Å². The van der Waals surface area contributed by atoms with Crippen molar-refractivity contribution in [2.45, 2.75) is 7.43 Å². The summed E-state index contributed by atoms with van der Waals surface area (Å²) in [6.07, 6.45) is 3.94. The molecule has 0 fully saturated rings. The third-order valence-corrected chi connectivity index (χ3v) is 21.1. The summed E-state index contributed by atoms with van der Waals surface area (Å²) in [6.45, 7) is 0. The SMILES string of the molecule is C.c1ccc2c(c1)c1ccccc1n2-c1ccc(-c2ccc3ccc4ccc(-c5ccc(-n6c7ccccc7c7ccccc76)cc5)nc4c3n2)cc1.c1ccc2c(c1)c1ccccc1n2-c1ccc(-c2cnc3c(ccc4cc(-c5ccc(-n6c7ccccc7c7ccccc76)cc5)cnc43)c2)cc1. The molecule has 105 heavy (non-hydrogen) atoms. The lowest BCUT2D eigenvalue weighted by Gasteiger charge is -2.11. The fraction of sp³-hybridized carbons (Fsp3) is 0.0103. The Morgan fingerprint density at radius 3 is 0.657 bits per heavy atom. The molecule has 0 saturated heterocycles. The summed E-state index contributed by atoms with van der Waals surface area (Å²) < 4.78 is 9.38. The summed E-state index contributed by atoms with van der Waals surface area (Å²) in [4.78, 5) is 20.4. The van der Waals surface area contributed by atoms with Crippen LogP contribution in [-0.4, -0.2) is 38.2 Å².